The summed E-state index contributed by atoms with van der Waals surface area (Å²) in [6, 6.07) is 0. The van der Waals surface area contributed by atoms with E-state index in [2.05, 4.69) is 20.4 Å². The van der Waals surface area contributed by atoms with E-state index >= 15 is 0 Å². The van der Waals surface area contributed by atoms with Gasteiger partial charge in [0.2, 0.25) is 0 Å². The molecule has 4 unspecified atom stereocenters. The van der Waals surface area contributed by atoms with Crippen LogP contribution < -0.4 is 0 Å². The van der Waals surface area contributed by atoms with Gasteiger partial charge in [0.25, 0.3) is 0 Å². The van der Waals surface area contributed by atoms with Gasteiger partial charge in [-0.15, -0.1) is 0 Å². The van der Waals surface area contributed by atoms with E-state index in [1.54, 1.807) is 6.92 Å². The van der Waals surface area contributed by atoms with Crippen LogP contribution in [0.15, 0.2) is 12.2 Å². The van der Waals surface area contributed by atoms with E-state index in [-0.39, 0.29) is 19.3 Å². The lowest BCUT2D eigenvalue weighted by Crippen LogP contribution is -2.39. The van der Waals surface area contributed by atoms with Gasteiger partial charge in [-0.1, -0.05) is 26.8 Å². The lowest BCUT2D eigenvalue weighted by molar-refractivity contribution is -0.143. The maximum absolute atomic E-state index is 11.5. The van der Waals surface area contributed by atoms with Crippen LogP contribution in [0.2, 0.25) is 0 Å². The van der Waals surface area contributed by atoms with Crippen LogP contribution in [0.5, 0.6) is 0 Å². The van der Waals surface area contributed by atoms with E-state index < -0.39 is 12.1 Å². The van der Waals surface area contributed by atoms with Crippen molar-refractivity contribution in [3.63, 3.8) is 0 Å². The van der Waals surface area contributed by atoms with Crippen molar-refractivity contribution in [1.29, 1.82) is 0 Å². The molecule has 0 aromatic rings. The van der Waals surface area contributed by atoms with Crippen molar-refractivity contribution in [2.45, 2.75) is 122 Å². The van der Waals surface area contributed by atoms with E-state index in [4.69, 9.17) is 18.9 Å². The lowest BCUT2D eigenvalue weighted by Gasteiger charge is -2.46. The highest BCUT2D eigenvalue weighted by atomic mass is 16.6. The van der Waals surface area contributed by atoms with Crippen LogP contribution in [-0.4, -0.2) is 61.4 Å². The standard InChI is InChI=1S/C29H48O6/c1-19(2)28(31)34-18-23(30)17-33-25-14-10-22(11-15-25)29(3,4)21-8-12-24(13-9-21)32-16-20-6-5-7-26-27(20)35-26/h20-27,30H,1,5-18H2,2-4H3. The third kappa shape index (κ3) is 7.30. The fourth-order valence-corrected chi connectivity index (χ4v) is 6.86. The van der Waals surface area contributed by atoms with Gasteiger partial charge in [0.15, 0.2) is 0 Å². The normalized spacial score (nSPS) is 36.2. The third-order valence-electron chi connectivity index (χ3n) is 9.43. The minimum Gasteiger partial charge on any atom is -0.460 e. The van der Waals surface area contributed by atoms with Crippen LogP contribution in [0.25, 0.3) is 0 Å². The fraction of sp³-hybridized carbons (Fsp3) is 0.897. The second-order valence-electron chi connectivity index (χ2n) is 12.3. The molecule has 3 aliphatic carbocycles. The summed E-state index contributed by atoms with van der Waals surface area (Å²) in [5.74, 6) is 1.65. The molecule has 3 saturated carbocycles. The van der Waals surface area contributed by atoms with Crippen LogP contribution >= 0.6 is 0 Å². The quantitative estimate of drug-likeness (QED) is 0.242. The number of esters is 1. The number of ether oxygens (including phenoxy) is 4. The Hall–Kier alpha value is -0.950. The van der Waals surface area contributed by atoms with Crippen molar-refractivity contribution in [2.75, 3.05) is 19.8 Å². The Morgan fingerprint density at radius 2 is 1.54 bits per heavy atom. The highest BCUT2D eigenvalue weighted by Crippen LogP contribution is 2.49. The van der Waals surface area contributed by atoms with Crippen molar-refractivity contribution in [3.05, 3.63) is 12.2 Å². The van der Waals surface area contributed by atoms with E-state index in [1.165, 1.54) is 57.8 Å². The van der Waals surface area contributed by atoms with Crippen LogP contribution in [-0.2, 0) is 23.7 Å². The molecule has 4 rings (SSSR count). The van der Waals surface area contributed by atoms with Crippen LogP contribution in [0, 0.1) is 23.2 Å². The minimum absolute atomic E-state index is 0.0456. The van der Waals surface area contributed by atoms with Crippen molar-refractivity contribution in [1.82, 2.24) is 0 Å². The van der Waals surface area contributed by atoms with E-state index in [0.29, 0.717) is 35.2 Å². The van der Waals surface area contributed by atoms with Crippen molar-refractivity contribution in [2.24, 2.45) is 23.2 Å². The van der Waals surface area contributed by atoms with Crippen molar-refractivity contribution >= 4 is 5.97 Å². The Balaban J connectivity index is 1.11. The van der Waals surface area contributed by atoms with Gasteiger partial charge in [0.05, 0.1) is 37.6 Å². The highest BCUT2D eigenvalue weighted by Gasteiger charge is 2.47. The average molecular weight is 493 g/mol. The van der Waals surface area contributed by atoms with Gasteiger partial charge in [0, 0.05) is 11.5 Å². The average Bonchev–Trinajstić information content (AvgIpc) is 3.66. The van der Waals surface area contributed by atoms with Gasteiger partial charge in [-0.3, -0.25) is 0 Å². The molecule has 1 heterocycles. The van der Waals surface area contributed by atoms with Gasteiger partial charge >= 0.3 is 5.97 Å². The first-order valence-corrected chi connectivity index (χ1v) is 14.1. The van der Waals surface area contributed by atoms with Gasteiger partial charge in [-0.2, -0.15) is 0 Å². The SMILES string of the molecule is C=C(C)C(=O)OCC(O)COC1CCC(C(C)(C)C2CCC(OCC3CCCC4OC34)CC2)CC1. The van der Waals surface area contributed by atoms with Crippen LogP contribution in [0.4, 0.5) is 0 Å². The number of aliphatic hydroxyl groups excluding tert-OH is 1. The Labute approximate surface area is 212 Å². The molecule has 200 valence electrons. The number of carbonyl (C=O) groups is 1. The van der Waals surface area contributed by atoms with Crippen LogP contribution in [0.1, 0.15) is 91.4 Å². The predicted octanol–water partition coefficient (Wildman–Crippen LogP) is 5.21. The van der Waals surface area contributed by atoms with Crippen molar-refractivity contribution in [3.8, 4) is 0 Å². The lowest BCUT2D eigenvalue weighted by atomic mass is 9.60. The zero-order valence-electron chi connectivity index (χ0n) is 22.2. The molecular formula is C29H48O6. The first kappa shape index (κ1) is 27.1. The first-order valence-electron chi connectivity index (χ1n) is 14.1. The molecule has 0 spiro atoms. The summed E-state index contributed by atoms with van der Waals surface area (Å²) in [6.07, 6.45) is 14.1. The summed E-state index contributed by atoms with van der Waals surface area (Å²) >= 11 is 0. The highest BCUT2D eigenvalue weighted by molar-refractivity contribution is 5.86. The number of rotatable bonds is 11. The topological polar surface area (TPSA) is 77.5 Å². The molecule has 35 heavy (non-hydrogen) atoms. The largest absolute Gasteiger partial charge is 0.460 e. The summed E-state index contributed by atoms with van der Waals surface area (Å²) in [6.45, 7) is 11.2. The summed E-state index contributed by atoms with van der Waals surface area (Å²) in [5, 5.41) is 10.1. The molecule has 4 aliphatic rings. The molecule has 6 nitrogen and oxygen atoms in total. The molecule has 0 aromatic heterocycles. The second kappa shape index (κ2) is 12.1. The summed E-state index contributed by atoms with van der Waals surface area (Å²) in [5.41, 5.74) is 0.677. The molecule has 1 saturated heterocycles. The van der Waals surface area contributed by atoms with E-state index in [9.17, 15) is 9.90 Å². The van der Waals surface area contributed by atoms with Crippen LogP contribution in [0.3, 0.4) is 0 Å². The summed E-state index contributed by atoms with van der Waals surface area (Å²) < 4.78 is 23.1. The Morgan fingerprint density at radius 1 is 0.943 bits per heavy atom. The number of hydrogen-bond donors (Lipinski definition) is 1. The molecule has 0 radical (unpaired) electrons. The minimum atomic E-state index is -0.791. The van der Waals surface area contributed by atoms with Gasteiger partial charge in [-0.25, -0.2) is 4.79 Å². The number of carbonyl (C=O) groups excluding carboxylic acids is 1. The summed E-state index contributed by atoms with van der Waals surface area (Å²) in [4.78, 5) is 11.5. The number of epoxide rings is 1. The molecule has 1 aliphatic heterocycles. The van der Waals surface area contributed by atoms with Crippen molar-refractivity contribution < 1.29 is 28.8 Å². The monoisotopic (exact) mass is 492 g/mol. The molecule has 4 atom stereocenters. The molecule has 0 amide bonds. The molecule has 0 aromatic carbocycles. The Kier molecular flexibility index (Phi) is 9.34. The maximum atomic E-state index is 11.5. The molecule has 1 N–H and O–H groups in total. The Morgan fingerprint density at radius 3 is 2.14 bits per heavy atom. The van der Waals surface area contributed by atoms with E-state index in [1.807, 2.05) is 0 Å². The third-order valence-corrected chi connectivity index (χ3v) is 9.43. The maximum Gasteiger partial charge on any atom is 0.333 e. The van der Waals surface area contributed by atoms with Gasteiger partial charge in [-0.05, 0) is 88.4 Å². The smallest absolute Gasteiger partial charge is 0.333 e. The molecule has 0 bridgehead atoms. The fourth-order valence-electron chi connectivity index (χ4n) is 6.86. The number of fused-ring (bicyclic) bond motifs is 1. The Bertz CT molecular complexity index is 704. The number of aliphatic hydroxyl groups is 1. The molecular weight excluding hydrogens is 444 g/mol. The second-order valence-corrected chi connectivity index (χ2v) is 12.3. The van der Waals surface area contributed by atoms with E-state index in [0.717, 1.165) is 31.3 Å². The predicted molar refractivity (Wildman–Crippen MR) is 135 cm³/mol. The zero-order valence-corrected chi connectivity index (χ0v) is 22.2. The molecule has 4 fully saturated rings. The number of hydrogen-bond acceptors (Lipinski definition) is 6. The summed E-state index contributed by atoms with van der Waals surface area (Å²) in [7, 11) is 0. The van der Waals surface area contributed by atoms with Gasteiger partial charge < -0.3 is 24.1 Å². The first-order chi connectivity index (χ1) is 16.7. The zero-order chi connectivity index (χ0) is 25.0. The molecule has 6 heteroatoms. The van der Waals surface area contributed by atoms with Gasteiger partial charge in [0.1, 0.15) is 12.7 Å².